The van der Waals surface area contributed by atoms with E-state index in [0.717, 1.165) is 0 Å². The molecule has 0 radical (unpaired) electrons. The molecule has 0 aliphatic carbocycles. The molecule has 1 heterocycles. The van der Waals surface area contributed by atoms with Gasteiger partial charge in [-0.25, -0.2) is 0 Å². The molecule has 0 saturated carbocycles. The van der Waals surface area contributed by atoms with Gasteiger partial charge in [0.1, 0.15) is 11.5 Å². The first-order chi connectivity index (χ1) is 15.7. The van der Waals surface area contributed by atoms with Gasteiger partial charge in [0.2, 0.25) is 5.75 Å². The topological polar surface area (TPSA) is 94.5 Å². The summed E-state index contributed by atoms with van der Waals surface area (Å²) in [5, 5.41) is 11.1. The Hall–Kier alpha value is -3.68. The van der Waals surface area contributed by atoms with Crippen LogP contribution in [0.1, 0.15) is 31.0 Å². The molecular weight excluding hydrogens is 426 g/mol. The zero-order valence-corrected chi connectivity index (χ0v) is 19.7. The highest BCUT2D eigenvalue weighted by Crippen LogP contribution is 2.45. The monoisotopic (exact) mass is 455 g/mol. The third-order valence-corrected chi connectivity index (χ3v) is 5.39. The van der Waals surface area contributed by atoms with Crippen LogP contribution in [-0.4, -0.2) is 56.7 Å². The highest BCUT2D eigenvalue weighted by Gasteiger charge is 2.44. The van der Waals surface area contributed by atoms with E-state index >= 15 is 0 Å². The fourth-order valence-corrected chi connectivity index (χ4v) is 3.72. The zero-order chi connectivity index (χ0) is 24.3. The Morgan fingerprint density at radius 3 is 2.06 bits per heavy atom. The highest BCUT2D eigenvalue weighted by atomic mass is 16.5. The van der Waals surface area contributed by atoms with Crippen LogP contribution >= 0.6 is 0 Å². The minimum atomic E-state index is -0.837. The molecule has 2 aromatic carbocycles. The molecule has 2 aromatic rings. The van der Waals surface area contributed by atoms with Crippen molar-refractivity contribution in [3.8, 4) is 23.0 Å². The lowest BCUT2D eigenvalue weighted by Crippen LogP contribution is -2.25. The number of rotatable bonds is 8. The van der Waals surface area contributed by atoms with E-state index < -0.39 is 17.7 Å². The van der Waals surface area contributed by atoms with Gasteiger partial charge in [-0.05, 0) is 47.9 Å². The summed E-state index contributed by atoms with van der Waals surface area (Å²) < 4.78 is 21.9. The predicted molar refractivity (Wildman–Crippen MR) is 123 cm³/mol. The van der Waals surface area contributed by atoms with Gasteiger partial charge < -0.3 is 29.0 Å². The molecule has 1 aliphatic heterocycles. The van der Waals surface area contributed by atoms with E-state index in [1.165, 1.54) is 33.3 Å². The number of aliphatic hydroxyl groups excluding tert-OH is 1. The molecule has 1 unspecified atom stereocenters. The van der Waals surface area contributed by atoms with Crippen LogP contribution in [0.15, 0.2) is 42.0 Å². The molecule has 1 aliphatic rings. The highest BCUT2D eigenvalue weighted by molar-refractivity contribution is 6.46. The molecule has 1 N–H and O–H groups in total. The molecular formula is C25H29NO7. The average molecular weight is 456 g/mol. The molecule has 8 heteroatoms. The molecule has 1 amide bonds. The summed E-state index contributed by atoms with van der Waals surface area (Å²) in [7, 11) is 5.96. The SMILES string of the molecule is COc1cc(C2/C(=C(/O)c3ccc(OCC(C)C)cc3)C(=O)C(=O)N2C)cc(OC)c1OC. The Morgan fingerprint density at radius 2 is 1.58 bits per heavy atom. The van der Waals surface area contributed by atoms with Crippen molar-refractivity contribution in [2.24, 2.45) is 5.92 Å². The normalized spacial score (nSPS) is 17.4. The van der Waals surface area contributed by atoms with E-state index in [2.05, 4.69) is 0 Å². The van der Waals surface area contributed by atoms with E-state index in [1.807, 2.05) is 13.8 Å². The molecule has 1 fully saturated rings. The zero-order valence-electron chi connectivity index (χ0n) is 19.7. The minimum absolute atomic E-state index is 0.0207. The van der Waals surface area contributed by atoms with Crippen molar-refractivity contribution in [3.63, 3.8) is 0 Å². The maximum absolute atomic E-state index is 12.9. The molecule has 1 atom stereocenters. The first-order valence-corrected chi connectivity index (χ1v) is 10.5. The molecule has 176 valence electrons. The molecule has 3 rings (SSSR count). The van der Waals surface area contributed by atoms with Crippen LogP contribution in [0.3, 0.4) is 0 Å². The quantitative estimate of drug-likeness (QED) is 0.368. The number of methoxy groups -OCH3 is 3. The second kappa shape index (κ2) is 9.85. The third-order valence-electron chi connectivity index (χ3n) is 5.39. The van der Waals surface area contributed by atoms with Crippen molar-refractivity contribution in [2.75, 3.05) is 35.0 Å². The van der Waals surface area contributed by atoms with Crippen molar-refractivity contribution >= 4 is 17.4 Å². The van der Waals surface area contributed by atoms with Crippen molar-refractivity contribution < 1.29 is 33.6 Å². The van der Waals surface area contributed by atoms with Crippen LogP contribution < -0.4 is 18.9 Å². The summed E-state index contributed by atoms with van der Waals surface area (Å²) in [5.41, 5.74) is 0.910. The fourth-order valence-electron chi connectivity index (χ4n) is 3.72. The summed E-state index contributed by atoms with van der Waals surface area (Å²) in [4.78, 5) is 26.8. The van der Waals surface area contributed by atoms with Gasteiger partial charge in [0.15, 0.2) is 11.5 Å². The number of carbonyl (C=O) groups is 2. The minimum Gasteiger partial charge on any atom is -0.507 e. The van der Waals surface area contributed by atoms with E-state index in [-0.39, 0.29) is 11.3 Å². The number of amides is 1. The molecule has 0 spiro atoms. The van der Waals surface area contributed by atoms with Gasteiger partial charge in [-0.1, -0.05) is 13.8 Å². The van der Waals surface area contributed by atoms with E-state index in [9.17, 15) is 14.7 Å². The first kappa shape index (κ1) is 24.0. The number of hydrogen-bond acceptors (Lipinski definition) is 7. The number of ether oxygens (including phenoxy) is 4. The van der Waals surface area contributed by atoms with Gasteiger partial charge in [-0.2, -0.15) is 0 Å². The Morgan fingerprint density at radius 1 is 1.00 bits per heavy atom. The Kier molecular flexibility index (Phi) is 7.16. The van der Waals surface area contributed by atoms with Gasteiger partial charge in [-0.3, -0.25) is 9.59 Å². The van der Waals surface area contributed by atoms with Crippen molar-refractivity contribution in [1.29, 1.82) is 0 Å². The standard InChI is InChI=1S/C25H29NO7/c1-14(2)13-33-17-9-7-15(8-10-17)22(27)20-21(26(3)25(29)23(20)28)16-11-18(30-4)24(32-6)19(12-16)31-5/h7-12,14,21,27H,13H2,1-6H3/b22-20-. The Balaban J connectivity index is 2.09. The molecule has 33 heavy (non-hydrogen) atoms. The van der Waals surface area contributed by atoms with Crippen LogP contribution in [0.2, 0.25) is 0 Å². The number of Topliss-reactive ketones (excluding diaryl/α,β-unsaturated/α-hetero) is 1. The molecule has 0 aromatic heterocycles. The van der Waals surface area contributed by atoms with Gasteiger partial charge in [-0.15, -0.1) is 0 Å². The number of ketones is 1. The maximum Gasteiger partial charge on any atom is 0.295 e. The summed E-state index contributed by atoms with van der Waals surface area (Å²) >= 11 is 0. The van der Waals surface area contributed by atoms with Crippen molar-refractivity contribution in [2.45, 2.75) is 19.9 Å². The number of likely N-dealkylation sites (N-methyl/N-ethyl adjacent to an activating group) is 1. The number of hydrogen-bond donors (Lipinski definition) is 1. The van der Waals surface area contributed by atoms with Crippen molar-refractivity contribution in [1.82, 2.24) is 4.90 Å². The predicted octanol–water partition coefficient (Wildman–Crippen LogP) is 3.80. The number of likely N-dealkylation sites (tertiary alicyclic amines) is 1. The summed E-state index contributed by atoms with van der Waals surface area (Å²) in [5.74, 6) is 0.395. The van der Waals surface area contributed by atoms with E-state index in [0.29, 0.717) is 46.6 Å². The Bertz CT molecular complexity index is 1050. The largest absolute Gasteiger partial charge is 0.507 e. The van der Waals surface area contributed by atoms with Crippen LogP contribution in [0.5, 0.6) is 23.0 Å². The van der Waals surface area contributed by atoms with Crippen LogP contribution in [0, 0.1) is 5.92 Å². The summed E-state index contributed by atoms with van der Waals surface area (Å²) in [6.07, 6.45) is 0. The van der Waals surface area contributed by atoms with Gasteiger partial charge in [0.25, 0.3) is 11.7 Å². The van der Waals surface area contributed by atoms with Crippen LogP contribution in [0.25, 0.3) is 5.76 Å². The van der Waals surface area contributed by atoms with Crippen LogP contribution in [0.4, 0.5) is 0 Å². The van der Waals surface area contributed by atoms with Gasteiger partial charge in [0, 0.05) is 12.6 Å². The van der Waals surface area contributed by atoms with E-state index in [1.54, 1.807) is 36.4 Å². The Labute approximate surface area is 193 Å². The summed E-state index contributed by atoms with van der Waals surface area (Å²) in [6, 6.07) is 9.22. The number of nitrogens with zero attached hydrogens (tertiary/aromatic N) is 1. The van der Waals surface area contributed by atoms with Gasteiger partial charge >= 0.3 is 0 Å². The molecule has 0 bridgehead atoms. The lowest BCUT2D eigenvalue weighted by atomic mass is 9.95. The lowest BCUT2D eigenvalue weighted by Gasteiger charge is -2.23. The second-order valence-electron chi connectivity index (χ2n) is 8.10. The number of carbonyl (C=O) groups excluding carboxylic acids is 2. The number of aliphatic hydroxyl groups is 1. The second-order valence-corrected chi connectivity index (χ2v) is 8.10. The smallest absolute Gasteiger partial charge is 0.295 e. The first-order valence-electron chi connectivity index (χ1n) is 10.5. The van der Waals surface area contributed by atoms with Crippen LogP contribution in [-0.2, 0) is 9.59 Å². The summed E-state index contributed by atoms with van der Waals surface area (Å²) in [6.45, 7) is 4.66. The average Bonchev–Trinajstić information content (AvgIpc) is 3.05. The number of benzene rings is 2. The molecule has 8 nitrogen and oxygen atoms in total. The third kappa shape index (κ3) is 4.60. The van der Waals surface area contributed by atoms with Crippen molar-refractivity contribution in [3.05, 3.63) is 53.1 Å². The van der Waals surface area contributed by atoms with E-state index in [4.69, 9.17) is 18.9 Å². The van der Waals surface area contributed by atoms with Gasteiger partial charge in [0.05, 0.1) is 39.6 Å². The lowest BCUT2D eigenvalue weighted by molar-refractivity contribution is -0.139. The molecule has 1 saturated heterocycles. The maximum atomic E-state index is 12.9. The fraction of sp³-hybridized carbons (Fsp3) is 0.360.